The second-order valence-corrected chi connectivity index (χ2v) is 8.87. The van der Waals surface area contributed by atoms with E-state index in [1.807, 2.05) is 25.1 Å². The molecular weight excluding hydrogens is 456 g/mol. The van der Waals surface area contributed by atoms with Crippen molar-refractivity contribution in [3.05, 3.63) is 56.8 Å². The summed E-state index contributed by atoms with van der Waals surface area (Å²) in [4.78, 5) is 21.8. The van der Waals surface area contributed by atoms with Gasteiger partial charge in [-0.15, -0.1) is 0 Å². The molecule has 7 heteroatoms. The molecule has 0 atom stereocenters. The van der Waals surface area contributed by atoms with Crippen LogP contribution in [0.2, 0.25) is 0 Å². The lowest BCUT2D eigenvalue weighted by molar-refractivity contribution is 0.0947. The average molecular weight is 485 g/mol. The van der Waals surface area contributed by atoms with Gasteiger partial charge >= 0.3 is 0 Å². The highest BCUT2D eigenvalue weighted by Gasteiger charge is 2.28. The van der Waals surface area contributed by atoms with Gasteiger partial charge in [-0.05, 0) is 56.6 Å². The van der Waals surface area contributed by atoms with Crippen molar-refractivity contribution in [2.24, 2.45) is 0 Å². The third kappa shape index (κ3) is 4.04. The summed E-state index contributed by atoms with van der Waals surface area (Å²) >= 11 is 3.53. The van der Waals surface area contributed by atoms with Crippen LogP contribution in [-0.2, 0) is 6.42 Å². The highest BCUT2D eigenvalue weighted by Crippen LogP contribution is 2.41. The van der Waals surface area contributed by atoms with Crippen LogP contribution in [0.3, 0.4) is 0 Å². The third-order valence-corrected chi connectivity index (χ3v) is 6.64. The van der Waals surface area contributed by atoms with E-state index in [0.717, 1.165) is 81.5 Å². The molecule has 4 N–H and O–H groups in total. The molecule has 3 aromatic rings. The second kappa shape index (κ2) is 8.93. The van der Waals surface area contributed by atoms with E-state index in [9.17, 15) is 9.90 Å². The van der Waals surface area contributed by atoms with Crippen molar-refractivity contribution >= 4 is 38.3 Å². The van der Waals surface area contributed by atoms with Crippen LogP contribution in [0.4, 0.5) is 0 Å². The second-order valence-electron chi connectivity index (χ2n) is 7.96. The fourth-order valence-electron chi connectivity index (χ4n) is 4.53. The summed E-state index contributed by atoms with van der Waals surface area (Å²) in [5.74, 6) is 0.110. The van der Waals surface area contributed by atoms with Crippen molar-refractivity contribution in [3.8, 4) is 5.88 Å². The number of H-pyrrole nitrogens is 2. The normalized spacial score (nSPS) is 13.5. The van der Waals surface area contributed by atoms with Gasteiger partial charge in [0.25, 0.3) is 5.91 Å². The number of carbonyl (C=O) groups excluding carboxylic acids is 1. The van der Waals surface area contributed by atoms with Crippen LogP contribution in [-0.4, -0.2) is 52.1 Å². The van der Waals surface area contributed by atoms with Gasteiger partial charge in [-0.25, -0.2) is 0 Å². The smallest absolute Gasteiger partial charge is 0.253 e. The molecule has 0 aliphatic heterocycles. The van der Waals surface area contributed by atoms with Crippen molar-refractivity contribution in [3.63, 3.8) is 0 Å². The first-order valence-electron chi connectivity index (χ1n) is 10.9. The van der Waals surface area contributed by atoms with E-state index >= 15 is 0 Å². The number of aromatic hydroxyl groups is 1. The van der Waals surface area contributed by atoms with E-state index in [-0.39, 0.29) is 11.8 Å². The number of aromatic amines is 2. The molecule has 0 saturated carbocycles. The van der Waals surface area contributed by atoms with E-state index in [1.165, 1.54) is 0 Å². The molecular formula is C24H29BrN4O2. The summed E-state index contributed by atoms with van der Waals surface area (Å²) in [6.07, 6.45) is 3.76. The van der Waals surface area contributed by atoms with Crippen LogP contribution >= 0.6 is 15.9 Å². The van der Waals surface area contributed by atoms with Gasteiger partial charge < -0.3 is 25.3 Å². The van der Waals surface area contributed by atoms with Crippen molar-refractivity contribution in [1.29, 1.82) is 0 Å². The topological polar surface area (TPSA) is 84.2 Å². The fraction of sp³-hybridized carbons (Fsp3) is 0.375. The number of fused-ring (bicyclic) bond motifs is 2. The van der Waals surface area contributed by atoms with Crippen molar-refractivity contribution in [1.82, 2.24) is 20.2 Å². The lowest BCUT2D eigenvalue weighted by atomic mass is 9.89. The molecule has 0 radical (unpaired) electrons. The largest absolute Gasteiger partial charge is 0.494 e. The maximum atomic E-state index is 13.0. The monoisotopic (exact) mass is 484 g/mol. The highest BCUT2D eigenvalue weighted by atomic mass is 79.9. The van der Waals surface area contributed by atoms with E-state index in [2.05, 4.69) is 56.0 Å². The quantitative estimate of drug-likeness (QED) is 0.391. The standard InChI is InChI=1S/C24H29BrN4O2/c1-4-29(5-2)12-11-26-23(30)20-14(3)27-22-16(20)7-6-8-17(22)21-18-13-15(25)9-10-19(18)28-24(21)31/h8-10,13,27-28,31H,4-7,11-12H2,1-3H3,(H,26,30). The van der Waals surface area contributed by atoms with Gasteiger partial charge in [0.05, 0.1) is 16.8 Å². The van der Waals surface area contributed by atoms with Gasteiger partial charge in [-0.1, -0.05) is 35.9 Å². The number of hydrogen-bond acceptors (Lipinski definition) is 3. The van der Waals surface area contributed by atoms with Crippen LogP contribution in [0.15, 0.2) is 28.7 Å². The van der Waals surface area contributed by atoms with Crippen LogP contribution < -0.4 is 5.32 Å². The molecule has 1 aromatic carbocycles. The summed E-state index contributed by atoms with van der Waals surface area (Å²) < 4.78 is 0.952. The number of likely N-dealkylation sites (N-methyl/N-ethyl adjacent to an activating group) is 1. The molecule has 1 aliphatic rings. The molecule has 2 heterocycles. The first-order chi connectivity index (χ1) is 14.9. The number of aryl methyl sites for hydroxylation is 1. The van der Waals surface area contributed by atoms with Gasteiger partial charge in [0, 0.05) is 39.7 Å². The van der Waals surface area contributed by atoms with E-state index in [4.69, 9.17) is 0 Å². The van der Waals surface area contributed by atoms with Gasteiger partial charge in [-0.3, -0.25) is 4.79 Å². The molecule has 0 fully saturated rings. The summed E-state index contributed by atoms with van der Waals surface area (Å²) in [7, 11) is 0. The number of carbonyl (C=O) groups is 1. The summed E-state index contributed by atoms with van der Waals surface area (Å²) in [5, 5.41) is 14.7. The highest BCUT2D eigenvalue weighted by molar-refractivity contribution is 9.10. The van der Waals surface area contributed by atoms with Crippen LogP contribution in [0.5, 0.6) is 5.88 Å². The Morgan fingerprint density at radius 3 is 2.77 bits per heavy atom. The minimum absolute atomic E-state index is 0.0331. The molecule has 0 saturated heterocycles. The molecule has 164 valence electrons. The zero-order valence-electron chi connectivity index (χ0n) is 18.2. The third-order valence-electron chi connectivity index (χ3n) is 6.15. The number of rotatable bonds is 7. The lowest BCUT2D eigenvalue weighted by Crippen LogP contribution is -2.35. The van der Waals surface area contributed by atoms with Crippen molar-refractivity contribution in [2.75, 3.05) is 26.2 Å². The Kier molecular flexibility index (Phi) is 6.25. The fourth-order valence-corrected chi connectivity index (χ4v) is 4.89. The average Bonchev–Trinajstić information content (AvgIpc) is 3.26. The number of hydrogen-bond donors (Lipinski definition) is 4. The number of halogens is 1. The molecule has 6 nitrogen and oxygen atoms in total. The Morgan fingerprint density at radius 1 is 1.26 bits per heavy atom. The molecule has 1 amide bonds. The number of allylic oxidation sites excluding steroid dienone is 1. The minimum atomic E-state index is -0.0331. The maximum Gasteiger partial charge on any atom is 0.253 e. The first-order valence-corrected chi connectivity index (χ1v) is 11.7. The molecule has 0 unspecified atom stereocenters. The first kappa shape index (κ1) is 21.7. The number of benzene rings is 1. The van der Waals surface area contributed by atoms with E-state index in [1.54, 1.807) is 0 Å². The number of nitrogens with one attached hydrogen (secondary N) is 3. The molecule has 0 bridgehead atoms. The van der Waals surface area contributed by atoms with Gasteiger partial charge in [0.2, 0.25) is 0 Å². The zero-order valence-corrected chi connectivity index (χ0v) is 19.8. The van der Waals surface area contributed by atoms with Gasteiger partial charge in [0.1, 0.15) is 0 Å². The van der Waals surface area contributed by atoms with Crippen LogP contribution in [0, 0.1) is 6.92 Å². The Hall–Kier alpha value is -2.51. The Morgan fingerprint density at radius 2 is 2.03 bits per heavy atom. The Bertz CT molecular complexity index is 1150. The van der Waals surface area contributed by atoms with Crippen molar-refractivity contribution in [2.45, 2.75) is 33.6 Å². The molecule has 1 aliphatic carbocycles. The van der Waals surface area contributed by atoms with Gasteiger partial charge in [0.15, 0.2) is 5.88 Å². The number of aromatic nitrogens is 2. The van der Waals surface area contributed by atoms with Crippen molar-refractivity contribution < 1.29 is 9.90 Å². The summed E-state index contributed by atoms with van der Waals surface area (Å²) in [5.41, 5.74) is 6.13. The minimum Gasteiger partial charge on any atom is -0.494 e. The van der Waals surface area contributed by atoms with Gasteiger partial charge in [-0.2, -0.15) is 0 Å². The zero-order chi connectivity index (χ0) is 22.1. The number of nitrogens with zero attached hydrogens (tertiary/aromatic N) is 1. The SMILES string of the molecule is CCN(CC)CCNC(=O)c1c(C)[nH]c2c1CCC=C2c1c(O)[nH]c2ccc(Br)cc12. The predicted molar refractivity (Wildman–Crippen MR) is 129 cm³/mol. The van der Waals surface area contributed by atoms with Crippen LogP contribution in [0.1, 0.15) is 53.1 Å². The Labute approximate surface area is 190 Å². The predicted octanol–water partition coefficient (Wildman–Crippen LogP) is 4.72. The Balaban J connectivity index is 1.67. The van der Waals surface area contributed by atoms with E-state index in [0.29, 0.717) is 6.54 Å². The summed E-state index contributed by atoms with van der Waals surface area (Å²) in [6, 6.07) is 5.90. The number of amides is 1. The van der Waals surface area contributed by atoms with Crippen LogP contribution in [0.25, 0.3) is 16.5 Å². The molecule has 4 rings (SSSR count). The molecule has 31 heavy (non-hydrogen) atoms. The van der Waals surface area contributed by atoms with E-state index < -0.39 is 0 Å². The maximum absolute atomic E-state index is 13.0. The molecule has 2 aromatic heterocycles. The molecule has 0 spiro atoms. The lowest BCUT2D eigenvalue weighted by Gasteiger charge is -2.18. The summed E-state index contributed by atoms with van der Waals surface area (Å²) in [6.45, 7) is 9.62.